The van der Waals surface area contributed by atoms with E-state index in [0.29, 0.717) is 0 Å². The Hall–Kier alpha value is -1.95. The van der Waals surface area contributed by atoms with Crippen LogP contribution in [-0.2, 0) is 19.5 Å². The number of hydrogen-bond acceptors (Lipinski definition) is 4. The van der Waals surface area contributed by atoms with E-state index in [2.05, 4.69) is 27.4 Å². The summed E-state index contributed by atoms with van der Waals surface area (Å²) in [5.74, 6) is 0. The van der Waals surface area contributed by atoms with Crippen molar-refractivity contribution in [2.45, 2.75) is 33.4 Å². The van der Waals surface area contributed by atoms with Crippen molar-refractivity contribution in [2.75, 3.05) is 0 Å². The molecule has 0 unspecified atom stereocenters. The number of aromatic nitrogens is 2. The zero-order valence-electron chi connectivity index (χ0n) is 14.3. The van der Waals surface area contributed by atoms with Crippen LogP contribution in [0.15, 0.2) is 47.4 Å². The average molecular weight is 376 g/mol. The Morgan fingerprint density at radius 2 is 2.04 bits per heavy atom. The minimum atomic E-state index is 0. The van der Waals surface area contributed by atoms with Crippen LogP contribution in [0, 0.1) is 6.92 Å². The number of hydrogen-bond donors (Lipinski definition) is 2. The third kappa shape index (κ3) is 4.78. The molecular formula is C19H22ClN3OS. The van der Waals surface area contributed by atoms with Crippen molar-refractivity contribution in [3.8, 4) is 10.4 Å². The highest BCUT2D eigenvalue weighted by atomic mass is 35.5. The van der Waals surface area contributed by atoms with Gasteiger partial charge in [0.15, 0.2) is 0 Å². The molecular weight excluding hydrogens is 354 g/mol. The van der Waals surface area contributed by atoms with Crippen LogP contribution < -0.4 is 10.9 Å². The zero-order valence-corrected chi connectivity index (χ0v) is 16.0. The first-order chi connectivity index (χ1) is 11.7. The molecule has 4 nitrogen and oxygen atoms in total. The molecule has 0 amide bonds. The van der Waals surface area contributed by atoms with Gasteiger partial charge in [-0.3, -0.25) is 9.78 Å². The van der Waals surface area contributed by atoms with Gasteiger partial charge in [0, 0.05) is 45.9 Å². The summed E-state index contributed by atoms with van der Waals surface area (Å²) in [5.41, 5.74) is 3.93. The fraction of sp³-hybridized carbons (Fsp3) is 0.263. The van der Waals surface area contributed by atoms with Crippen LogP contribution in [0.2, 0.25) is 0 Å². The number of H-pyrrole nitrogens is 1. The second kappa shape index (κ2) is 8.94. The molecule has 3 aromatic heterocycles. The van der Waals surface area contributed by atoms with E-state index in [0.717, 1.165) is 42.0 Å². The van der Waals surface area contributed by atoms with E-state index in [9.17, 15) is 4.79 Å². The SMILES string of the molecule is CCc1cc(-c2ccc(CNCc3ccccn3)s2)c(C)[nH]c1=O.Cl. The molecule has 0 fully saturated rings. The van der Waals surface area contributed by atoms with E-state index in [1.165, 1.54) is 9.75 Å². The second-order valence-electron chi connectivity index (χ2n) is 5.71. The van der Waals surface area contributed by atoms with E-state index < -0.39 is 0 Å². The minimum Gasteiger partial charge on any atom is -0.326 e. The fourth-order valence-electron chi connectivity index (χ4n) is 2.62. The van der Waals surface area contributed by atoms with Crippen molar-refractivity contribution in [3.63, 3.8) is 0 Å². The number of thiophene rings is 1. The molecule has 132 valence electrons. The van der Waals surface area contributed by atoms with Gasteiger partial charge in [0.2, 0.25) is 0 Å². The largest absolute Gasteiger partial charge is 0.326 e. The van der Waals surface area contributed by atoms with Crippen LogP contribution in [0.25, 0.3) is 10.4 Å². The molecule has 0 aliphatic rings. The molecule has 0 aromatic carbocycles. The third-order valence-electron chi connectivity index (χ3n) is 3.95. The maximum Gasteiger partial charge on any atom is 0.251 e. The highest BCUT2D eigenvalue weighted by Crippen LogP contribution is 2.30. The third-order valence-corrected chi connectivity index (χ3v) is 5.07. The number of aromatic amines is 1. The summed E-state index contributed by atoms with van der Waals surface area (Å²) in [4.78, 5) is 21.6. The van der Waals surface area contributed by atoms with Crippen LogP contribution in [0.5, 0.6) is 0 Å². The van der Waals surface area contributed by atoms with Gasteiger partial charge in [-0.15, -0.1) is 23.7 Å². The van der Waals surface area contributed by atoms with Crippen molar-refractivity contribution >= 4 is 23.7 Å². The highest BCUT2D eigenvalue weighted by molar-refractivity contribution is 7.15. The van der Waals surface area contributed by atoms with E-state index >= 15 is 0 Å². The summed E-state index contributed by atoms with van der Waals surface area (Å²) in [6.07, 6.45) is 2.55. The topological polar surface area (TPSA) is 57.8 Å². The monoisotopic (exact) mass is 375 g/mol. The molecule has 0 aliphatic carbocycles. The summed E-state index contributed by atoms with van der Waals surface area (Å²) >= 11 is 1.76. The van der Waals surface area contributed by atoms with Crippen molar-refractivity contribution in [3.05, 3.63) is 74.8 Å². The van der Waals surface area contributed by atoms with Gasteiger partial charge in [-0.25, -0.2) is 0 Å². The first kappa shape index (κ1) is 19.4. The maximum absolute atomic E-state index is 11.9. The lowest BCUT2D eigenvalue weighted by Crippen LogP contribution is -2.13. The number of rotatable bonds is 6. The van der Waals surface area contributed by atoms with Crippen LogP contribution in [-0.4, -0.2) is 9.97 Å². The van der Waals surface area contributed by atoms with Crippen LogP contribution in [0.4, 0.5) is 0 Å². The smallest absolute Gasteiger partial charge is 0.251 e. The second-order valence-corrected chi connectivity index (χ2v) is 6.87. The quantitative estimate of drug-likeness (QED) is 0.682. The summed E-state index contributed by atoms with van der Waals surface area (Å²) in [5, 5.41) is 3.42. The van der Waals surface area contributed by atoms with Crippen LogP contribution in [0.1, 0.15) is 28.8 Å². The molecule has 0 bridgehead atoms. The lowest BCUT2D eigenvalue weighted by atomic mass is 10.1. The van der Waals surface area contributed by atoms with Gasteiger partial charge in [-0.05, 0) is 43.7 Å². The van der Waals surface area contributed by atoms with Crippen molar-refractivity contribution < 1.29 is 0 Å². The van der Waals surface area contributed by atoms with Gasteiger partial charge in [-0.1, -0.05) is 13.0 Å². The molecule has 6 heteroatoms. The Balaban J connectivity index is 0.00000225. The normalized spacial score (nSPS) is 10.5. The van der Waals surface area contributed by atoms with Crippen molar-refractivity contribution in [1.29, 1.82) is 0 Å². The number of nitrogens with one attached hydrogen (secondary N) is 2. The first-order valence-corrected chi connectivity index (χ1v) is 8.91. The van der Waals surface area contributed by atoms with Gasteiger partial charge in [0.25, 0.3) is 5.56 Å². The molecule has 0 spiro atoms. The molecule has 0 saturated carbocycles. The van der Waals surface area contributed by atoms with E-state index in [1.54, 1.807) is 11.3 Å². The number of nitrogens with zero attached hydrogens (tertiary/aromatic N) is 1. The van der Waals surface area contributed by atoms with Crippen LogP contribution >= 0.6 is 23.7 Å². The standard InChI is InChI=1S/C19H21N3OS.ClH/c1-3-14-10-17(13(2)22-19(14)23)18-8-7-16(24-18)12-20-11-15-6-4-5-9-21-15;/h4-10,20H,3,11-12H2,1-2H3,(H,22,23);1H. The van der Waals surface area contributed by atoms with E-state index in [-0.39, 0.29) is 18.0 Å². The highest BCUT2D eigenvalue weighted by Gasteiger charge is 2.09. The molecule has 0 saturated heterocycles. The molecule has 25 heavy (non-hydrogen) atoms. The molecule has 0 aliphatic heterocycles. The minimum absolute atomic E-state index is 0. The Kier molecular flexibility index (Phi) is 6.93. The van der Waals surface area contributed by atoms with Gasteiger partial charge >= 0.3 is 0 Å². The Labute approximate surface area is 157 Å². The van der Waals surface area contributed by atoms with Crippen LogP contribution in [0.3, 0.4) is 0 Å². The predicted octanol–water partition coefficient (Wildman–Crippen LogP) is 4.08. The molecule has 0 radical (unpaired) electrons. The van der Waals surface area contributed by atoms with E-state index in [1.807, 2.05) is 44.3 Å². The molecule has 3 rings (SSSR count). The summed E-state index contributed by atoms with van der Waals surface area (Å²) in [7, 11) is 0. The molecule has 3 heterocycles. The summed E-state index contributed by atoms with van der Waals surface area (Å²) < 4.78 is 0. The van der Waals surface area contributed by atoms with Gasteiger partial charge in [-0.2, -0.15) is 0 Å². The van der Waals surface area contributed by atoms with Gasteiger partial charge < -0.3 is 10.3 Å². The van der Waals surface area contributed by atoms with Gasteiger partial charge in [0.05, 0.1) is 5.69 Å². The zero-order chi connectivity index (χ0) is 16.9. The first-order valence-electron chi connectivity index (χ1n) is 8.10. The Morgan fingerprint density at radius 1 is 1.20 bits per heavy atom. The maximum atomic E-state index is 11.9. The fourth-order valence-corrected chi connectivity index (χ4v) is 3.67. The lowest BCUT2D eigenvalue weighted by Gasteiger charge is -2.06. The summed E-state index contributed by atoms with van der Waals surface area (Å²) in [6.45, 7) is 5.52. The Morgan fingerprint density at radius 3 is 2.76 bits per heavy atom. The van der Waals surface area contributed by atoms with Gasteiger partial charge in [0.1, 0.15) is 0 Å². The van der Waals surface area contributed by atoms with E-state index in [4.69, 9.17) is 0 Å². The average Bonchev–Trinajstić information content (AvgIpc) is 3.04. The molecule has 2 N–H and O–H groups in total. The molecule has 0 atom stereocenters. The van der Waals surface area contributed by atoms with Crippen molar-refractivity contribution in [1.82, 2.24) is 15.3 Å². The lowest BCUT2D eigenvalue weighted by molar-refractivity contribution is 0.686. The Bertz CT molecular complexity index is 874. The number of aryl methyl sites for hydroxylation is 2. The predicted molar refractivity (Wildman–Crippen MR) is 107 cm³/mol. The molecule has 3 aromatic rings. The van der Waals surface area contributed by atoms with Crippen molar-refractivity contribution in [2.24, 2.45) is 0 Å². The number of pyridine rings is 2. The number of halogens is 1. The summed E-state index contributed by atoms with van der Waals surface area (Å²) in [6, 6.07) is 12.2.